The van der Waals surface area contributed by atoms with Crippen LogP contribution in [-0.4, -0.2) is 49.8 Å². The molecule has 2 fully saturated rings. The Hall–Kier alpha value is -0.120. The number of nitrogens with one attached hydrogen (secondary N) is 1. The minimum atomic E-state index is 0.611. The van der Waals surface area contributed by atoms with Gasteiger partial charge in [0.15, 0.2) is 0 Å². The monoisotopic (exact) mass is 226 g/mol. The number of hydrogen-bond donors (Lipinski definition) is 1. The number of nitrogens with zero attached hydrogens (tertiary/aromatic N) is 1. The second-order valence-corrected chi connectivity index (χ2v) is 5.65. The van der Waals surface area contributed by atoms with Crippen molar-refractivity contribution in [3.63, 3.8) is 0 Å². The summed E-state index contributed by atoms with van der Waals surface area (Å²) in [4.78, 5) is 2.63. The van der Waals surface area contributed by atoms with Gasteiger partial charge < -0.3 is 15.0 Å². The van der Waals surface area contributed by atoms with Crippen molar-refractivity contribution in [1.29, 1.82) is 0 Å². The largest absolute Gasteiger partial charge is 0.381 e. The first kappa shape index (κ1) is 12.3. The smallest absolute Gasteiger partial charge is 0.0507 e. The van der Waals surface area contributed by atoms with Gasteiger partial charge in [-0.3, -0.25) is 0 Å². The molecule has 0 aromatic heterocycles. The van der Waals surface area contributed by atoms with Crippen molar-refractivity contribution in [2.24, 2.45) is 5.92 Å². The molecule has 2 rings (SSSR count). The van der Waals surface area contributed by atoms with E-state index in [1.165, 1.54) is 38.9 Å². The number of piperidine rings is 1. The van der Waals surface area contributed by atoms with E-state index in [1.807, 2.05) is 0 Å². The lowest BCUT2D eigenvalue weighted by Crippen LogP contribution is -2.48. The Morgan fingerprint density at radius 3 is 2.94 bits per heavy atom. The van der Waals surface area contributed by atoms with Crippen molar-refractivity contribution < 1.29 is 4.74 Å². The molecule has 0 radical (unpaired) electrons. The Balaban J connectivity index is 1.72. The van der Waals surface area contributed by atoms with Crippen LogP contribution in [0.5, 0.6) is 0 Å². The van der Waals surface area contributed by atoms with Gasteiger partial charge in [0, 0.05) is 31.8 Å². The summed E-state index contributed by atoms with van der Waals surface area (Å²) in [5.41, 5.74) is 0. The number of ether oxygens (including phenoxy) is 1. The van der Waals surface area contributed by atoms with E-state index in [1.54, 1.807) is 0 Å². The predicted molar refractivity (Wildman–Crippen MR) is 66.7 cm³/mol. The van der Waals surface area contributed by atoms with E-state index in [0.29, 0.717) is 12.1 Å². The fourth-order valence-electron chi connectivity index (χ4n) is 2.92. The second kappa shape index (κ2) is 5.99. The molecule has 3 nitrogen and oxygen atoms in total. The molecule has 0 saturated carbocycles. The van der Waals surface area contributed by atoms with Gasteiger partial charge in [-0.25, -0.2) is 0 Å². The summed E-state index contributed by atoms with van der Waals surface area (Å²) in [7, 11) is 0. The highest BCUT2D eigenvalue weighted by Gasteiger charge is 2.24. The lowest BCUT2D eigenvalue weighted by Gasteiger charge is -2.35. The van der Waals surface area contributed by atoms with E-state index in [0.717, 1.165) is 19.1 Å². The highest BCUT2D eigenvalue weighted by Crippen LogP contribution is 2.17. The van der Waals surface area contributed by atoms with Crippen molar-refractivity contribution in [3.05, 3.63) is 0 Å². The summed E-state index contributed by atoms with van der Waals surface area (Å²) in [6, 6.07) is 1.32. The van der Waals surface area contributed by atoms with Crippen LogP contribution in [0.4, 0.5) is 0 Å². The van der Waals surface area contributed by atoms with Gasteiger partial charge in [0.05, 0.1) is 6.61 Å². The van der Waals surface area contributed by atoms with Gasteiger partial charge in [0.2, 0.25) is 0 Å². The Morgan fingerprint density at radius 2 is 2.25 bits per heavy atom. The second-order valence-electron chi connectivity index (χ2n) is 5.65. The van der Waals surface area contributed by atoms with Crippen LogP contribution in [-0.2, 0) is 4.74 Å². The summed E-state index contributed by atoms with van der Waals surface area (Å²) in [5.74, 6) is 0.790. The van der Waals surface area contributed by atoms with Gasteiger partial charge in [0.25, 0.3) is 0 Å². The van der Waals surface area contributed by atoms with Crippen molar-refractivity contribution in [2.45, 2.75) is 45.2 Å². The molecule has 0 amide bonds. The standard InChI is InChI=1S/C13H26N2O/c1-11(2)14-13-4-3-6-15(9-13)8-12-5-7-16-10-12/h11-14H,3-10H2,1-2H3. The van der Waals surface area contributed by atoms with E-state index < -0.39 is 0 Å². The molecule has 2 aliphatic rings. The lowest BCUT2D eigenvalue weighted by molar-refractivity contribution is 0.141. The van der Waals surface area contributed by atoms with E-state index in [-0.39, 0.29) is 0 Å². The minimum Gasteiger partial charge on any atom is -0.381 e. The molecule has 2 unspecified atom stereocenters. The Kier molecular flexibility index (Phi) is 4.62. The quantitative estimate of drug-likeness (QED) is 0.786. The average molecular weight is 226 g/mol. The summed E-state index contributed by atoms with van der Waals surface area (Å²) in [6.45, 7) is 10.2. The average Bonchev–Trinajstić information content (AvgIpc) is 2.70. The van der Waals surface area contributed by atoms with Crippen LogP contribution in [0.25, 0.3) is 0 Å². The van der Waals surface area contributed by atoms with Crippen LogP contribution in [0, 0.1) is 5.92 Å². The topological polar surface area (TPSA) is 24.5 Å². The summed E-state index contributed by atoms with van der Waals surface area (Å²) in [6.07, 6.45) is 3.95. The van der Waals surface area contributed by atoms with Crippen molar-refractivity contribution in [3.8, 4) is 0 Å². The third-order valence-electron chi connectivity index (χ3n) is 3.61. The normalized spacial score (nSPS) is 32.4. The first-order chi connectivity index (χ1) is 7.74. The summed E-state index contributed by atoms with van der Waals surface area (Å²) >= 11 is 0. The van der Waals surface area contributed by atoms with Gasteiger partial charge in [-0.15, -0.1) is 0 Å². The SMILES string of the molecule is CC(C)NC1CCCN(CC2CCOC2)C1. The molecule has 2 heterocycles. The van der Waals surface area contributed by atoms with Gasteiger partial charge >= 0.3 is 0 Å². The number of hydrogen-bond acceptors (Lipinski definition) is 3. The first-order valence-electron chi connectivity index (χ1n) is 6.80. The van der Waals surface area contributed by atoms with Crippen LogP contribution in [0.1, 0.15) is 33.1 Å². The maximum absolute atomic E-state index is 5.45. The maximum Gasteiger partial charge on any atom is 0.0507 e. The molecule has 0 aromatic rings. The molecule has 0 aromatic carbocycles. The van der Waals surface area contributed by atoms with Gasteiger partial charge in [0.1, 0.15) is 0 Å². The van der Waals surface area contributed by atoms with E-state index in [2.05, 4.69) is 24.1 Å². The van der Waals surface area contributed by atoms with Crippen molar-refractivity contribution in [2.75, 3.05) is 32.8 Å². The third kappa shape index (κ3) is 3.72. The lowest BCUT2D eigenvalue weighted by atomic mass is 10.0. The Labute approximate surface area is 99.5 Å². The molecule has 94 valence electrons. The molecular formula is C13H26N2O. The minimum absolute atomic E-state index is 0.611. The van der Waals surface area contributed by atoms with Crippen molar-refractivity contribution >= 4 is 0 Å². The van der Waals surface area contributed by atoms with E-state index >= 15 is 0 Å². The fourth-order valence-corrected chi connectivity index (χ4v) is 2.92. The highest BCUT2D eigenvalue weighted by molar-refractivity contribution is 4.81. The number of rotatable bonds is 4. The van der Waals surface area contributed by atoms with Gasteiger partial charge in [-0.2, -0.15) is 0 Å². The first-order valence-corrected chi connectivity index (χ1v) is 6.80. The summed E-state index contributed by atoms with van der Waals surface area (Å²) < 4.78 is 5.45. The molecule has 0 aliphatic carbocycles. The van der Waals surface area contributed by atoms with Crippen LogP contribution in [0.15, 0.2) is 0 Å². The predicted octanol–water partition coefficient (Wildman–Crippen LogP) is 1.49. The van der Waals surface area contributed by atoms with Crippen LogP contribution in [0.2, 0.25) is 0 Å². The third-order valence-corrected chi connectivity index (χ3v) is 3.61. The van der Waals surface area contributed by atoms with Crippen LogP contribution < -0.4 is 5.32 Å². The summed E-state index contributed by atoms with van der Waals surface area (Å²) in [5, 5.41) is 3.66. The fraction of sp³-hybridized carbons (Fsp3) is 1.00. The molecule has 0 spiro atoms. The van der Waals surface area contributed by atoms with Crippen LogP contribution in [0.3, 0.4) is 0 Å². The molecule has 0 bridgehead atoms. The molecule has 2 aliphatic heterocycles. The number of likely N-dealkylation sites (tertiary alicyclic amines) is 1. The van der Waals surface area contributed by atoms with Crippen LogP contribution >= 0.6 is 0 Å². The molecular weight excluding hydrogens is 200 g/mol. The zero-order valence-corrected chi connectivity index (χ0v) is 10.7. The maximum atomic E-state index is 5.45. The Morgan fingerprint density at radius 1 is 1.38 bits per heavy atom. The molecule has 16 heavy (non-hydrogen) atoms. The molecule has 3 heteroatoms. The molecule has 2 saturated heterocycles. The highest BCUT2D eigenvalue weighted by atomic mass is 16.5. The van der Waals surface area contributed by atoms with Gasteiger partial charge in [-0.05, 0) is 31.7 Å². The molecule has 1 N–H and O–H groups in total. The zero-order valence-electron chi connectivity index (χ0n) is 10.7. The Bertz CT molecular complexity index is 202. The zero-order chi connectivity index (χ0) is 11.4. The van der Waals surface area contributed by atoms with Crippen molar-refractivity contribution in [1.82, 2.24) is 10.2 Å². The molecule has 2 atom stereocenters. The van der Waals surface area contributed by atoms with E-state index in [9.17, 15) is 0 Å². The van der Waals surface area contributed by atoms with E-state index in [4.69, 9.17) is 4.74 Å². The van der Waals surface area contributed by atoms with Gasteiger partial charge in [-0.1, -0.05) is 13.8 Å².